The molecule has 0 saturated carbocycles. The van der Waals surface area contributed by atoms with E-state index < -0.39 is 6.04 Å². The smallest absolute Gasteiger partial charge is 0.254 e. The molecule has 0 spiro atoms. The van der Waals surface area contributed by atoms with Gasteiger partial charge in [-0.1, -0.05) is 6.07 Å². The summed E-state index contributed by atoms with van der Waals surface area (Å²) in [6, 6.07) is 13.1. The number of ether oxygens (including phenoxy) is 2. The molecule has 3 heterocycles. The van der Waals surface area contributed by atoms with E-state index in [0.717, 1.165) is 49.3 Å². The molecule has 8 nitrogen and oxygen atoms in total. The van der Waals surface area contributed by atoms with Gasteiger partial charge in [0.2, 0.25) is 5.91 Å². The number of piperidine rings is 1. The third kappa shape index (κ3) is 7.19. The molecule has 1 aromatic heterocycles. The zero-order valence-electron chi connectivity index (χ0n) is 24.1. The zero-order valence-corrected chi connectivity index (χ0v) is 24.9. The van der Waals surface area contributed by atoms with E-state index in [4.69, 9.17) is 9.47 Å². The average Bonchev–Trinajstić information content (AvgIpc) is 3.30. The maximum atomic E-state index is 14.0. The summed E-state index contributed by atoms with van der Waals surface area (Å²) >= 11 is 1.63. The Balaban J connectivity index is 1.34. The lowest BCUT2D eigenvalue weighted by Crippen LogP contribution is -2.48. The van der Waals surface area contributed by atoms with Crippen molar-refractivity contribution in [3.05, 3.63) is 69.7 Å². The van der Waals surface area contributed by atoms with Gasteiger partial charge in [0, 0.05) is 48.7 Å². The van der Waals surface area contributed by atoms with Crippen molar-refractivity contribution < 1.29 is 19.1 Å². The maximum Gasteiger partial charge on any atom is 0.254 e. The Bertz CT molecular complexity index is 1320. The van der Waals surface area contributed by atoms with Crippen molar-refractivity contribution in [3.8, 4) is 11.5 Å². The van der Waals surface area contributed by atoms with Crippen LogP contribution in [0, 0.1) is 6.92 Å². The van der Waals surface area contributed by atoms with Crippen LogP contribution in [0.15, 0.2) is 48.0 Å². The molecular formula is C32H40N4O4S. The third-order valence-corrected chi connectivity index (χ3v) is 8.99. The van der Waals surface area contributed by atoms with Gasteiger partial charge in [0.05, 0.1) is 24.9 Å². The minimum atomic E-state index is -0.531. The highest BCUT2D eigenvalue weighted by molar-refractivity contribution is 7.09. The van der Waals surface area contributed by atoms with Crippen molar-refractivity contribution in [2.45, 2.75) is 64.5 Å². The van der Waals surface area contributed by atoms with Crippen molar-refractivity contribution in [2.75, 3.05) is 38.3 Å². The Kier molecular flexibility index (Phi) is 9.77. The molecule has 0 radical (unpaired) electrons. The summed E-state index contributed by atoms with van der Waals surface area (Å²) < 4.78 is 11.7. The highest BCUT2D eigenvalue weighted by Gasteiger charge is 2.32. The predicted octanol–water partition coefficient (Wildman–Crippen LogP) is 5.38. The quantitative estimate of drug-likeness (QED) is 0.349. The Morgan fingerprint density at radius 1 is 1.07 bits per heavy atom. The lowest BCUT2D eigenvalue weighted by Gasteiger charge is -2.31. The van der Waals surface area contributed by atoms with Crippen LogP contribution < -0.4 is 19.7 Å². The second-order valence-electron chi connectivity index (χ2n) is 10.8. The molecular weight excluding hydrogens is 536 g/mol. The van der Waals surface area contributed by atoms with Crippen molar-refractivity contribution in [1.29, 1.82) is 0 Å². The fourth-order valence-electron chi connectivity index (χ4n) is 5.62. The van der Waals surface area contributed by atoms with E-state index in [0.29, 0.717) is 43.2 Å². The molecule has 2 aliphatic heterocycles. The zero-order chi connectivity index (χ0) is 28.6. The van der Waals surface area contributed by atoms with E-state index in [-0.39, 0.29) is 11.8 Å². The van der Waals surface area contributed by atoms with Crippen molar-refractivity contribution in [1.82, 2.24) is 15.2 Å². The molecule has 3 aromatic rings. The molecule has 2 aromatic carbocycles. The molecule has 5 rings (SSSR count). The first-order chi connectivity index (χ1) is 20.0. The summed E-state index contributed by atoms with van der Waals surface area (Å²) in [4.78, 5) is 36.7. The average molecular weight is 577 g/mol. The topological polar surface area (TPSA) is 84.0 Å². The van der Waals surface area contributed by atoms with E-state index in [1.54, 1.807) is 23.3 Å². The van der Waals surface area contributed by atoms with Gasteiger partial charge in [0.25, 0.3) is 5.91 Å². The predicted molar refractivity (Wildman–Crippen MR) is 162 cm³/mol. The minimum absolute atomic E-state index is 0.0916. The van der Waals surface area contributed by atoms with Gasteiger partial charge in [-0.2, -0.15) is 0 Å². The van der Waals surface area contributed by atoms with Gasteiger partial charge in [-0.15, -0.1) is 11.3 Å². The number of anilines is 1. The number of methoxy groups -OCH3 is 1. The van der Waals surface area contributed by atoms with Gasteiger partial charge in [-0.3, -0.25) is 9.59 Å². The number of rotatable bonds is 10. The highest BCUT2D eigenvalue weighted by atomic mass is 32.1. The standard InChI is InChI=1S/C32H40N4O4S/c1-23-30(41-22-34-23)15-19-40-28-14-9-24(20-29(28)39-2)21-36(27-8-4-5-16-33-31(27)37)32(38)25-10-12-26(13-11-25)35-17-6-3-7-18-35/h9-14,20,22,27H,3-8,15-19,21H2,1-2H3,(H,33,37)/t27-/m0/s1. The van der Waals surface area contributed by atoms with Gasteiger partial charge < -0.3 is 24.6 Å². The molecule has 2 fully saturated rings. The van der Waals surface area contributed by atoms with Crippen LogP contribution in [0.25, 0.3) is 0 Å². The number of thiazole rings is 1. The molecule has 9 heteroatoms. The summed E-state index contributed by atoms with van der Waals surface area (Å²) in [6.07, 6.45) is 6.88. The summed E-state index contributed by atoms with van der Waals surface area (Å²) in [5, 5.41) is 3.00. The Morgan fingerprint density at radius 2 is 1.88 bits per heavy atom. The molecule has 1 N–H and O–H groups in total. The lowest BCUT2D eigenvalue weighted by molar-refractivity contribution is -0.125. The molecule has 0 bridgehead atoms. The van der Waals surface area contributed by atoms with E-state index in [1.165, 1.54) is 24.1 Å². The SMILES string of the molecule is COc1cc(CN(C(=O)c2ccc(N3CCCCC3)cc2)[C@H]2CCCCNC2=O)ccc1OCCc1scnc1C. The van der Waals surface area contributed by atoms with Crippen LogP contribution >= 0.6 is 11.3 Å². The van der Waals surface area contributed by atoms with E-state index in [2.05, 4.69) is 15.2 Å². The molecule has 0 unspecified atom stereocenters. The normalized spacial score (nSPS) is 17.5. The van der Waals surface area contributed by atoms with Crippen molar-refractivity contribution in [2.24, 2.45) is 0 Å². The summed E-state index contributed by atoms with van der Waals surface area (Å²) in [7, 11) is 1.62. The van der Waals surface area contributed by atoms with Gasteiger partial charge in [-0.25, -0.2) is 4.98 Å². The highest BCUT2D eigenvalue weighted by Crippen LogP contribution is 2.30. The third-order valence-electron chi connectivity index (χ3n) is 7.99. The van der Waals surface area contributed by atoms with Crippen LogP contribution in [0.4, 0.5) is 5.69 Å². The lowest BCUT2D eigenvalue weighted by atomic mass is 10.0. The molecule has 2 saturated heterocycles. The van der Waals surface area contributed by atoms with E-state index in [1.807, 2.05) is 54.9 Å². The van der Waals surface area contributed by atoms with Gasteiger partial charge in [-0.05, 0) is 87.4 Å². The Hall–Kier alpha value is -3.59. The van der Waals surface area contributed by atoms with Crippen LogP contribution in [0.5, 0.6) is 11.5 Å². The van der Waals surface area contributed by atoms with Crippen LogP contribution in [-0.4, -0.2) is 61.1 Å². The molecule has 0 aliphatic carbocycles. The number of hydrogen-bond acceptors (Lipinski definition) is 7. The van der Waals surface area contributed by atoms with Gasteiger partial charge in [0.15, 0.2) is 11.5 Å². The Labute approximate surface area is 246 Å². The minimum Gasteiger partial charge on any atom is -0.493 e. The number of carbonyl (C=O) groups is 2. The number of hydrogen-bond donors (Lipinski definition) is 1. The number of benzene rings is 2. The number of amides is 2. The van der Waals surface area contributed by atoms with Crippen LogP contribution in [0.3, 0.4) is 0 Å². The first kappa shape index (κ1) is 28.9. The van der Waals surface area contributed by atoms with Crippen LogP contribution in [-0.2, 0) is 17.8 Å². The van der Waals surface area contributed by atoms with E-state index in [9.17, 15) is 9.59 Å². The number of aryl methyl sites for hydroxylation is 1. The summed E-state index contributed by atoms with van der Waals surface area (Å²) in [5.74, 6) is 1.02. The monoisotopic (exact) mass is 576 g/mol. The number of aromatic nitrogens is 1. The van der Waals surface area contributed by atoms with E-state index >= 15 is 0 Å². The van der Waals surface area contributed by atoms with Gasteiger partial charge >= 0.3 is 0 Å². The molecule has 2 amide bonds. The van der Waals surface area contributed by atoms with Crippen molar-refractivity contribution >= 4 is 28.8 Å². The van der Waals surface area contributed by atoms with Crippen LogP contribution in [0.2, 0.25) is 0 Å². The fraction of sp³-hybridized carbons (Fsp3) is 0.469. The second-order valence-corrected chi connectivity index (χ2v) is 11.7. The number of carbonyl (C=O) groups excluding carboxylic acids is 2. The molecule has 41 heavy (non-hydrogen) atoms. The number of nitrogens with one attached hydrogen (secondary N) is 1. The second kappa shape index (κ2) is 13.9. The first-order valence-electron chi connectivity index (χ1n) is 14.7. The molecule has 1 atom stereocenters. The first-order valence-corrected chi connectivity index (χ1v) is 15.5. The molecule has 218 valence electrons. The van der Waals surface area contributed by atoms with Crippen LogP contribution in [0.1, 0.15) is 65.0 Å². The van der Waals surface area contributed by atoms with Crippen molar-refractivity contribution in [3.63, 3.8) is 0 Å². The van der Waals surface area contributed by atoms with Gasteiger partial charge in [0.1, 0.15) is 6.04 Å². The Morgan fingerprint density at radius 3 is 2.61 bits per heavy atom. The largest absolute Gasteiger partial charge is 0.493 e. The number of nitrogens with zero attached hydrogens (tertiary/aromatic N) is 3. The molecule has 2 aliphatic rings. The maximum absolute atomic E-state index is 14.0. The fourth-order valence-corrected chi connectivity index (χ4v) is 6.39. The summed E-state index contributed by atoms with van der Waals surface area (Å²) in [6.45, 7) is 5.55. The summed E-state index contributed by atoms with van der Waals surface area (Å²) in [5.41, 5.74) is 5.50.